The molecular weight excluding hydrogens is 298 g/mol. The first-order valence-corrected chi connectivity index (χ1v) is 9.18. The van der Waals surface area contributed by atoms with Gasteiger partial charge in [0, 0.05) is 37.6 Å². The van der Waals surface area contributed by atoms with Gasteiger partial charge in [-0.3, -0.25) is 9.69 Å². The van der Waals surface area contributed by atoms with Crippen LogP contribution in [-0.4, -0.2) is 64.1 Å². The van der Waals surface area contributed by atoms with Gasteiger partial charge in [0.25, 0.3) is 0 Å². The van der Waals surface area contributed by atoms with Crippen molar-refractivity contribution >= 4 is 17.2 Å². The number of aliphatic hydroxyl groups excluding tert-OH is 1. The van der Waals surface area contributed by atoms with Crippen LogP contribution in [0.1, 0.15) is 36.9 Å². The quantitative estimate of drug-likeness (QED) is 0.907. The third-order valence-corrected chi connectivity index (χ3v) is 5.86. The Bertz CT molecular complexity index is 511. The second-order valence-electron chi connectivity index (χ2n) is 6.25. The van der Waals surface area contributed by atoms with Gasteiger partial charge >= 0.3 is 0 Å². The highest BCUT2D eigenvalue weighted by atomic mass is 32.1. The van der Waals surface area contributed by atoms with E-state index in [1.165, 1.54) is 0 Å². The van der Waals surface area contributed by atoms with E-state index in [1.54, 1.807) is 11.3 Å². The smallest absolute Gasteiger partial charge is 0.228 e. The summed E-state index contributed by atoms with van der Waals surface area (Å²) in [4.78, 5) is 21.2. The molecule has 5 nitrogen and oxygen atoms in total. The van der Waals surface area contributed by atoms with E-state index in [4.69, 9.17) is 0 Å². The van der Waals surface area contributed by atoms with Gasteiger partial charge in [-0.05, 0) is 25.7 Å². The van der Waals surface area contributed by atoms with E-state index in [9.17, 15) is 9.90 Å². The van der Waals surface area contributed by atoms with Gasteiger partial charge in [-0.1, -0.05) is 6.92 Å². The molecule has 0 spiro atoms. The fourth-order valence-corrected chi connectivity index (χ4v) is 4.25. The minimum atomic E-state index is -0.176. The molecule has 2 heterocycles. The predicted molar refractivity (Wildman–Crippen MR) is 87.0 cm³/mol. The van der Waals surface area contributed by atoms with E-state index in [-0.39, 0.29) is 12.0 Å². The summed E-state index contributed by atoms with van der Waals surface area (Å²) in [5.41, 5.74) is 0.903. The lowest BCUT2D eigenvalue weighted by Gasteiger charge is -2.39. The molecule has 0 bridgehead atoms. The number of carbonyl (C=O) groups is 1. The maximum absolute atomic E-state index is 12.4. The maximum Gasteiger partial charge on any atom is 0.228 e. The normalized spacial score (nSPS) is 26.5. The van der Waals surface area contributed by atoms with Gasteiger partial charge in [-0.2, -0.15) is 0 Å². The number of piperazine rings is 1. The van der Waals surface area contributed by atoms with Gasteiger partial charge in [-0.15, -0.1) is 11.3 Å². The summed E-state index contributed by atoms with van der Waals surface area (Å²) in [6.45, 7) is 5.39. The van der Waals surface area contributed by atoms with Crippen molar-refractivity contribution in [2.24, 2.45) is 0 Å². The van der Waals surface area contributed by atoms with E-state index in [0.717, 1.165) is 62.6 Å². The SMILES string of the molecule is CCc1nc(CC(=O)N2CCN([C@H]3CCC[C@@H]3O)CC2)cs1. The number of carbonyl (C=O) groups excluding carboxylic acids is 1. The summed E-state index contributed by atoms with van der Waals surface area (Å²) in [6.07, 6.45) is 4.31. The first-order valence-electron chi connectivity index (χ1n) is 8.30. The largest absolute Gasteiger partial charge is 0.391 e. The molecule has 2 atom stereocenters. The number of hydrogen-bond acceptors (Lipinski definition) is 5. The predicted octanol–water partition coefficient (Wildman–Crippen LogP) is 1.31. The monoisotopic (exact) mass is 323 g/mol. The Balaban J connectivity index is 1.49. The first kappa shape index (κ1) is 15.9. The molecular formula is C16H25N3O2S. The second-order valence-corrected chi connectivity index (χ2v) is 7.19. The molecule has 1 aliphatic heterocycles. The lowest BCUT2D eigenvalue weighted by atomic mass is 10.1. The van der Waals surface area contributed by atoms with E-state index in [0.29, 0.717) is 12.5 Å². The molecule has 1 N–H and O–H groups in total. The van der Waals surface area contributed by atoms with Crippen molar-refractivity contribution in [2.75, 3.05) is 26.2 Å². The van der Waals surface area contributed by atoms with Crippen LogP contribution in [0.4, 0.5) is 0 Å². The highest BCUT2D eigenvalue weighted by Gasteiger charge is 2.33. The highest BCUT2D eigenvalue weighted by molar-refractivity contribution is 7.09. The van der Waals surface area contributed by atoms with Gasteiger partial charge in [-0.25, -0.2) is 4.98 Å². The summed E-state index contributed by atoms with van der Waals surface area (Å²) < 4.78 is 0. The van der Waals surface area contributed by atoms with Crippen LogP contribution < -0.4 is 0 Å². The molecule has 3 rings (SSSR count). The van der Waals surface area contributed by atoms with Crippen LogP contribution in [0.3, 0.4) is 0 Å². The van der Waals surface area contributed by atoms with Gasteiger partial charge < -0.3 is 10.0 Å². The van der Waals surface area contributed by atoms with E-state index in [2.05, 4.69) is 16.8 Å². The number of rotatable bonds is 4. The lowest BCUT2D eigenvalue weighted by Crippen LogP contribution is -2.53. The zero-order valence-corrected chi connectivity index (χ0v) is 14.0. The zero-order valence-electron chi connectivity index (χ0n) is 13.2. The van der Waals surface area contributed by atoms with Gasteiger partial charge in [0.1, 0.15) is 0 Å². The van der Waals surface area contributed by atoms with Crippen LogP contribution in [0.15, 0.2) is 5.38 Å². The average molecular weight is 323 g/mol. The molecule has 0 aromatic carbocycles. The molecule has 2 fully saturated rings. The third-order valence-electron chi connectivity index (χ3n) is 4.81. The Morgan fingerprint density at radius 1 is 1.36 bits per heavy atom. The lowest BCUT2D eigenvalue weighted by molar-refractivity contribution is -0.132. The summed E-state index contributed by atoms with van der Waals surface area (Å²) in [5, 5.41) is 13.1. The number of hydrogen-bond donors (Lipinski definition) is 1. The molecule has 22 heavy (non-hydrogen) atoms. The Labute approximate surface area is 135 Å². The molecule has 2 aliphatic rings. The number of nitrogens with zero attached hydrogens (tertiary/aromatic N) is 3. The third kappa shape index (κ3) is 3.50. The number of aliphatic hydroxyl groups is 1. The molecule has 1 saturated carbocycles. The van der Waals surface area contributed by atoms with Crippen LogP contribution in [0.25, 0.3) is 0 Å². The molecule has 1 amide bonds. The standard InChI is InChI=1S/C16H25N3O2S/c1-2-15-17-12(11-22-15)10-16(21)19-8-6-18(7-9-19)13-4-3-5-14(13)20/h11,13-14,20H,2-10H2,1H3/t13-,14-/m0/s1. The number of amides is 1. The summed E-state index contributed by atoms with van der Waals surface area (Å²) >= 11 is 1.64. The second kappa shape index (κ2) is 7.06. The van der Waals surface area contributed by atoms with Gasteiger partial charge in [0.15, 0.2) is 0 Å². The van der Waals surface area contributed by atoms with E-state index in [1.807, 2.05) is 10.3 Å². The van der Waals surface area contributed by atoms with Crippen molar-refractivity contribution in [1.82, 2.24) is 14.8 Å². The summed E-state index contributed by atoms with van der Waals surface area (Å²) in [5.74, 6) is 0.180. The molecule has 0 radical (unpaired) electrons. The Kier molecular flexibility index (Phi) is 5.10. The number of aromatic nitrogens is 1. The summed E-state index contributed by atoms with van der Waals surface area (Å²) in [7, 11) is 0. The summed E-state index contributed by atoms with van der Waals surface area (Å²) in [6, 6.07) is 0.308. The molecule has 1 saturated heterocycles. The maximum atomic E-state index is 12.4. The van der Waals surface area contributed by atoms with E-state index >= 15 is 0 Å². The average Bonchev–Trinajstić information content (AvgIpc) is 3.16. The number of aryl methyl sites for hydroxylation is 1. The fraction of sp³-hybridized carbons (Fsp3) is 0.750. The molecule has 1 aromatic rings. The van der Waals surface area contributed by atoms with Crippen molar-refractivity contribution in [3.63, 3.8) is 0 Å². The van der Waals surface area contributed by atoms with Crippen molar-refractivity contribution in [1.29, 1.82) is 0 Å². The zero-order chi connectivity index (χ0) is 15.5. The number of thiazole rings is 1. The Morgan fingerprint density at radius 3 is 2.73 bits per heavy atom. The van der Waals surface area contributed by atoms with Crippen LogP contribution in [0.5, 0.6) is 0 Å². The van der Waals surface area contributed by atoms with Gasteiger partial charge in [0.2, 0.25) is 5.91 Å². The van der Waals surface area contributed by atoms with Crippen molar-refractivity contribution in [3.8, 4) is 0 Å². The molecule has 122 valence electrons. The van der Waals surface area contributed by atoms with Crippen LogP contribution in [0, 0.1) is 0 Å². The van der Waals surface area contributed by atoms with Crippen LogP contribution >= 0.6 is 11.3 Å². The Hall–Kier alpha value is -0.980. The fourth-order valence-electron chi connectivity index (χ4n) is 3.51. The molecule has 0 unspecified atom stereocenters. The minimum Gasteiger partial charge on any atom is -0.391 e. The Morgan fingerprint density at radius 2 is 2.14 bits per heavy atom. The molecule has 1 aliphatic carbocycles. The molecule has 1 aromatic heterocycles. The highest BCUT2D eigenvalue weighted by Crippen LogP contribution is 2.25. The van der Waals surface area contributed by atoms with E-state index < -0.39 is 0 Å². The van der Waals surface area contributed by atoms with Crippen molar-refractivity contribution < 1.29 is 9.90 Å². The van der Waals surface area contributed by atoms with Crippen LogP contribution in [-0.2, 0) is 17.6 Å². The van der Waals surface area contributed by atoms with Gasteiger partial charge in [0.05, 0.1) is 23.2 Å². The topological polar surface area (TPSA) is 56.7 Å². The van der Waals surface area contributed by atoms with Crippen molar-refractivity contribution in [3.05, 3.63) is 16.1 Å². The van der Waals surface area contributed by atoms with Crippen molar-refractivity contribution in [2.45, 2.75) is 51.2 Å². The minimum absolute atomic E-state index is 0.176. The van der Waals surface area contributed by atoms with Crippen LogP contribution in [0.2, 0.25) is 0 Å². The molecule has 6 heteroatoms. The first-order chi connectivity index (χ1) is 10.7.